The topological polar surface area (TPSA) is 20.3 Å². The van der Waals surface area contributed by atoms with Crippen molar-refractivity contribution in [2.75, 3.05) is 4.90 Å². The van der Waals surface area contributed by atoms with E-state index in [1.807, 2.05) is 24.0 Å². The first-order valence-corrected chi connectivity index (χ1v) is 8.58. The van der Waals surface area contributed by atoms with E-state index in [-0.39, 0.29) is 17.2 Å². The lowest BCUT2D eigenvalue weighted by Crippen LogP contribution is -2.40. The van der Waals surface area contributed by atoms with Crippen LogP contribution >= 0.6 is 11.8 Å². The van der Waals surface area contributed by atoms with Crippen LogP contribution in [0.5, 0.6) is 0 Å². The summed E-state index contributed by atoms with van der Waals surface area (Å²) >= 11 is 1.63. The van der Waals surface area contributed by atoms with Gasteiger partial charge in [0, 0.05) is 16.6 Å². The summed E-state index contributed by atoms with van der Waals surface area (Å²) < 4.78 is 0. The minimum atomic E-state index is -0.0867. The molecule has 2 aromatic carbocycles. The van der Waals surface area contributed by atoms with Gasteiger partial charge in [0.25, 0.3) is 0 Å². The largest absolute Gasteiger partial charge is 0.308 e. The molecule has 0 saturated carbocycles. The van der Waals surface area contributed by atoms with Gasteiger partial charge in [-0.1, -0.05) is 35.9 Å². The van der Waals surface area contributed by atoms with Crippen molar-refractivity contribution < 1.29 is 4.79 Å². The maximum atomic E-state index is 12.9. The first kappa shape index (κ1) is 15.2. The Morgan fingerprint density at radius 1 is 1.18 bits per heavy atom. The van der Waals surface area contributed by atoms with E-state index in [4.69, 9.17) is 0 Å². The van der Waals surface area contributed by atoms with Gasteiger partial charge in [0.05, 0.1) is 5.25 Å². The summed E-state index contributed by atoms with van der Waals surface area (Å²) in [5, 5.41) is -0.0867. The van der Waals surface area contributed by atoms with Gasteiger partial charge in [-0.2, -0.15) is 0 Å². The Bertz CT molecular complexity index is 680. The molecule has 1 aliphatic heterocycles. The second-order valence-corrected chi connectivity index (χ2v) is 7.38. The number of anilines is 1. The number of benzene rings is 2. The van der Waals surface area contributed by atoms with Crippen LogP contribution in [0.25, 0.3) is 0 Å². The van der Waals surface area contributed by atoms with E-state index in [9.17, 15) is 4.79 Å². The van der Waals surface area contributed by atoms with E-state index in [0.29, 0.717) is 0 Å². The van der Waals surface area contributed by atoms with Crippen LogP contribution in [0, 0.1) is 6.92 Å². The van der Waals surface area contributed by atoms with Gasteiger partial charge < -0.3 is 4.90 Å². The van der Waals surface area contributed by atoms with Crippen molar-refractivity contribution in [3.63, 3.8) is 0 Å². The molecule has 0 saturated heterocycles. The number of para-hydroxylation sites is 1. The van der Waals surface area contributed by atoms with E-state index in [1.54, 1.807) is 11.8 Å². The van der Waals surface area contributed by atoms with Crippen LogP contribution in [0.3, 0.4) is 0 Å². The molecule has 0 N–H and O–H groups in total. The number of carbonyl (C=O) groups is 1. The molecule has 2 aromatic rings. The summed E-state index contributed by atoms with van der Waals surface area (Å²) in [5.41, 5.74) is 3.60. The molecule has 22 heavy (non-hydrogen) atoms. The van der Waals surface area contributed by atoms with E-state index in [0.717, 1.165) is 17.0 Å². The molecule has 0 radical (unpaired) electrons. The maximum Gasteiger partial charge on any atom is 0.240 e. The van der Waals surface area contributed by atoms with Gasteiger partial charge in [0.15, 0.2) is 0 Å². The van der Waals surface area contributed by atoms with Crippen LogP contribution in [0.4, 0.5) is 5.69 Å². The van der Waals surface area contributed by atoms with Crippen molar-refractivity contribution in [3.8, 4) is 0 Å². The zero-order valence-corrected chi connectivity index (χ0v) is 14.1. The Kier molecular flexibility index (Phi) is 4.25. The summed E-state index contributed by atoms with van der Waals surface area (Å²) in [5.74, 6) is 0.197. The molecule has 0 aliphatic carbocycles. The molecule has 0 unspecified atom stereocenters. The van der Waals surface area contributed by atoms with Crippen LogP contribution < -0.4 is 4.90 Å². The van der Waals surface area contributed by atoms with Gasteiger partial charge in [-0.3, -0.25) is 4.79 Å². The van der Waals surface area contributed by atoms with Crippen molar-refractivity contribution in [1.82, 2.24) is 0 Å². The van der Waals surface area contributed by atoms with Crippen LogP contribution in [0.2, 0.25) is 0 Å². The molecule has 3 rings (SSSR count). The van der Waals surface area contributed by atoms with Crippen LogP contribution in [0.1, 0.15) is 25.0 Å². The molecule has 2 atom stereocenters. The monoisotopic (exact) mass is 311 g/mol. The standard InChI is InChI=1S/C19H21NOS/c1-13-8-10-17(11-9-13)22-15(3)19(21)20-14(2)12-16-6-4-5-7-18(16)20/h4-11,14-15H,12H2,1-3H3/t14-,15-/m0/s1. The lowest BCUT2D eigenvalue weighted by Gasteiger charge is -2.26. The third-order valence-corrected chi connectivity index (χ3v) is 5.23. The second kappa shape index (κ2) is 6.17. The average molecular weight is 311 g/mol. The number of aryl methyl sites for hydroxylation is 1. The van der Waals surface area contributed by atoms with Crippen LogP contribution in [0.15, 0.2) is 53.4 Å². The first-order valence-electron chi connectivity index (χ1n) is 7.70. The minimum absolute atomic E-state index is 0.0867. The Hall–Kier alpha value is -1.74. The zero-order chi connectivity index (χ0) is 15.7. The average Bonchev–Trinajstić information content (AvgIpc) is 2.84. The minimum Gasteiger partial charge on any atom is -0.308 e. The summed E-state index contributed by atoms with van der Waals surface area (Å²) in [4.78, 5) is 16.0. The molecule has 3 heteroatoms. The third kappa shape index (κ3) is 2.91. The van der Waals surface area contributed by atoms with E-state index in [1.165, 1.54) is 11.1 Å². The van der Waals surface area contributed by atoms with Crippen molar-refractivity contribution in [2.24, 2.45) is 0 Å². The molecular formula is C19H21NOS. The lowest BCUT2D eigenvalue weighted by molar-refractivity contribution is -0.118. The fourth-order valence-corrected chi connectivity index (χ4v) is 3.88. The molecule has 0 aromatic heterocycles. The van der Waals surface area contributed by atoms with Gasteiger partial charge in [-0.05, 0) is 51.0 Å². The predicted molar refractivity (Wildman–Crippen MR) is 93.6 cm³/mol. The molecule has 1 heterocycles. The zero-order valence-electron chi connectivity index (χ0n) is 13.2. The highest BCUT2D eigenvalue weighted by Crippen LogP contribution is 2.34. The fourth-order valence-electron chi connectivity index (χ4n) is 2.97. The van der Waals surface area contributed by atoms with E-state index in [2.05, 4.69) is 50.2 Å². The maximum absolute atomic E-state index is 12.9. The molecule has 0 spiro atoms. The lowest BCUT2D eigenvalue weighted by atomic mass is 10.1. The van der Waals surface area contributed by atoms with Gasteiger partial charge in [-0.15, -0.1) is 11.8 Å². The molecule has 114 valence electrons. The van der Waals surface area contributed by atoms with Gasteiger partial charge in [0.1, 0.15) is 0 Å². The Labute approximate surface area is 136 Å². The van der Waals surface area contributed by atoms with E-state index >= 15 is 0 Å². The number of thioether (sulfide) groups is 1. The van der Waals surface area contributed by atoms with Crippen molar-refractivity contribution in [3.05, 3.63) is 59.7 Å². The molecule has 0 fully saturated rings. The molecular weight excluding hydrogens is 290 g/mol. The smallest absolute Gasteiger partial charge is 0.240 e. The Morgan fingerprint density at radius 3 is 2.59 bits per heavy atom. The van der Waals surface area contributed by atoms with Gasteiger partial charge >= 0.3 is 0 Å². The molecule has 2 nitrogen and oxygen atoms in total. The number of rotatable bonds is 3. The van der Waals surface area contributed by atoms with Crippen LogP contribution in [-0.2, 0) is 11.2 Å². The van der Waals surface area contributed by atoms with Crippen molar-refractivity contribution in [1.29, 1.82) is 0 Å². The highest BCUT2D eigenvalue weighted by molar-refractivity contribution is 8.00. The summed E-state index contributed by atoms with van der Waals surface area (Å²) in [7, 11) is 0. The number of hydrogen-bond donors (Lipinski definition) is 0. The summed E-state index contributed by atoms with van der Waals surface area (Å²) in [6.07, 6.45) is 0.948. The predicted octanol–water partition coefficient (Wildman–Crippen LogP) is 4.45. The van der Waals surface area contributed by atoms with Gasteiger partial charge in [0.2, 0.25) is 5.91 Å². The quantitative estimate of drug-likeness (QED) is 0.780. The normalized spacial score (nSPS) is 18.1. The second-order valence-electron chi connectivity index (χ2n) is 5.96. The van der Waals surface area contributed by atoms with Crippen molar-refractivity contribution in [2.45, 2.75) is 43.4 Å². The first-order chi connectivity index (χ1) is 10.6. The Balaban J connectivity index is 1.77. The van der Waals surface area contributed by atoms with Crippen LogP contribution in [-0.4, -0.2) is 17.2 Å². The van der Waals surface area contributed by atoms with E-state index < -0.39 is 0 Å². The van der Waals surface area contributed by atoms with Crippen molar-refractivity contribution >= 4 is 23.4 Å². The third-order valence-electron chi connectivity index (χ3n) is 4.13. The number of carbonyl (C=O) groups excluding carboxylic acids is 1. The van der Waals surface area contributed by atoms with Gasteiger partial charge in [-0.25, -0.2) is 0 Å². The number of nitrogens with zero attached hydrogens (tertiary/aromatic N) is 1. The Morgan fingerprint density at radius 2 is 1.86 bits per heavy atom. The number of fused-ring (bicyclic) bond motifs is 1. The number of amides is 1. The molecule has 1 aliphatic rings. The molecule has 0 bridgehead atoms. The SMILES string of the molecule is Cc1ccc(S[C@@H](C)C(=O)N2c3ccccc3C[C@@H]2C)cc1. The number of hydrogen-bond acceptors (Lipinski definition) is 2. The highest BCUT2D eigenvalue weighted by Gasteiger charge is 2.33. The fraction of sp³-hybridized carbons (Fsp3) is 0.316. The molecule has 1 amide bonds. The highest BCUT2D eigenvalue weighted by atomic mass is 32.2. The summed E-state index contributed by atoms with van der Waals surface area (Å²) in [6, 6.07) is 16.8. The summed E-state index contributed by atoms with van der Waals surface area (Å²) in [6.45, 7) is 6.20.